The number of hydrogen-bond donors (Lipinski definition) is 1. The highest BCUT2D eigenvalue weighted by Crippen LogP contribution is 2.22. The monoisotopic (exact) mass is 245 g/mol. The van der Waals surface area contributed by atoms with E-state index in [4.69, 9.17) is 10.00 Å². The van der Waals surface area contributed by atoms with E-state index >= 15 is 0 Å². The Morgan fingerprint density at radius 1 is 1.56 bits per heavy atom. The van der Waals surface area contributed by atoms with Crippen LogP contribution in [0, 0.1) is 11.3 Å². The molecule has 2 atom stereocenters. The summed E-state index contributed by atoms with van der Waals surface area (Å²) in [6.07, 6.45) is 1.15. The molecule has 1 aliphatic heterocycles. The number of likely N-dealkylation sites (N-methyl/N-ethyl adjacent to an activating group) is 1. The fourth-order valence-electron chi connectivity index (χ4n) is 2.33. The summed E-state index contributed by atoms with van der Waals surface area (Å²) in [5, 5.41) is 12.0. The number of rotatable bonds is 4. The van der Waals surface area contributed by atoms with Crippen LogP contribution in [0.25, 0.3) is 0 Å². The van der Waals surface area contributed by atoms with Crippen LogP contribution in [0.15, 0.2) is 24.3 Å². The largest absolute Gasteiger partial charge is 0.479 e. The van der Waals surface area contributed by atoms with E-state index < -0.39 is 0 Å². The van der Waals surface area contributed by atoms with Gasteiger partial charge in [-0.2, -0.15) is 5.26 Å². The minimum atomic E-state index is 0.0899. The second-order valence-corrected chi connectivity index (χ2v) is 4.84. The van der Waals surface area contributed by atoms with Crippen LogP contribution < -0.4 is 10.1 Å². The summed E-state index contributed by atoms with van der Waals surface area (Å²) in [7, 11) is 2.15. The SMILES string of the molecule is CC1CC(Nc2cccc(OCC#N)c2)CN1C. The lowest BCUT2D eigenvalue weighted by molar-refractivity contribution is 0.330. The molecule has 1 aromatic rings. The Kier molecular flexibility index (Phi) is 4.06. The van der Waals surface area contributed by atoms with Gasteiger partial charge in [0.15, 0.2) is 6.61 Å². The summed E-state index contributed by atoms with van der Waals surface area (Å²) in [4.78, 5) is 2.35. The summed E-state index contributed by atoms with van der Waals surface area (Å²) in [6, 6.07) is 10.9. The topological polar surface area (TPSA) is 48.3 Å². The second-order valence-electron chi connectivity index (χ2n) is 4.84. The van der Waals surface area contributed by atoms with Crippen molar-refractivity contribution in [3.8, 4) is 11.8 Å². The summed E-state index contributed by atoms with van der Waals surface area (Å²) in [6.45, 7) is 3.39. The van der Waals surface area contributed by atoms with E-state index in [1.165, 1.54) is 0 Å². The number of nitrogens with zero attached hydrogens (tertiary/aromatic N) is 2. The first-order valence-electron chi connectivity index (χ1n) is 6.25. The van der Waals surface area contributed by atoms with Gasteiger partial charge >= 0.3 is 0 Å². The van der Waals surface area contributed by atoms with Gasteiger partial charge in [0.1, 0.15) is 11.8 Å². The van der Waals surface area contributed by atoms with Gasteiger partial charge in [-0.25, -0.2) is 0 Å². The van der Waals surface area contributed by atoms with E-state index in [0.717, 1.165) is 24.4 Å². The highest BCUT2D eigenvalue weighted by atomic mass is 16.5. The van der Waals surface area contributed by atoms with E-state index in [1.807, 2.05) is 30.3 Å². The van der Waals surface area contributed by atoms with Crippen molar-refractivity contribution in [2.24, 2.45) is 0 Å². The Morgan fingerprint density at radius 3 is 3.06 bits per heavy atom. The standard InChI is InChI=1S/C14H19N3O/c1-11-8-13(10-17(11)2)16-12-4-3-5-14(9-12)18-7-6-15/h3-5,9,11,13,16H,7-8,10H2,1-2H3. The summed E-state index contributed by atoms with van der Waals surface area (Å²) < 4.78 is 5.29. The van der Waals surface area contributed by atoms with Gasteiger partial charge in [-0.15, -0.1) is 0 Å². The number of likely N-dealkylation sites (tertiary alicyclic amines) is 1. The van der Waals surface area contributed by atoms with Crippen LogP contribution in [-0.4, -0.2) is 37.2 Å². The normalized spacial score (nSPS) is 23.6. The van der Waals surface area contributed by atoms with Crippen LogP contribution in [0.1, 0.15) is 13.3 Å². The average molecular weight is 245 g/mol. The Labute approximate surface area is 108 Å². The Morgan fingerprint density at radius 2 is 2.39 bits per heavy atom. The third-order valence-corrected chi connectivity index (χ3v) is 3.39. The molecule has 1 heterocycles. The molecular weight excluding hydrogens is 226 g/mol. The number of nitriles is 1. The van der Waals surface area contributed by atoms with Crippen molar-refractivity contribution in [3.05, 3.63) is 24.3 Å². The Bertz CT molecular complexity index is 431. The molecule has 2 unspecified atom stereocenters. The quantitative estimate of drug-likeness (QED) is 0.882. The molecule has 1 N–H and O–H groups in total. The van der Waals surface area contributed by atoms with Crippen LogP contribution in [0.2, 0.25) is 0 Å². The third kappa shape index (κ3) is 3.14. The van der Waals surface area contributed by atoms with E-state index in [9.17, 15) is 0 Å². The fourth-order valence-corrected chi connectivity index (χ4v) is 2.33. The molecule has 0 aliphatic carbocycles. The Balaban J connectivity index is 1.95. The Hall–Kier alpha value is -1.73. The van der Waals surface area contributed by atoms with Gasteiger partial charge in [0.25, 0.3) is 0 Å². The molecule has 0 aromatic heterocycles. The molecule has 1 aromatic carbocycles. The van der Waals surface area contributed by atoms with E-state index in [2.05, 4.69) is 24.2 Å². The summed E-state index contributed by atoms with van der Waals surface area (Å²) >= 11 is 0. The van der Waals surface area contributed by atoms with Gasteiger partial charge in [0.2, 0.25) is 0 Å². The predicted octanol–water partition coefficient (Wildman–Crippen LogP) is 2.09. The zero-order valence-electron chi connectivity index (χ0n) is 10.9. The van der Waals surface area contributed by atoms with Gasteiger partial charge in [-0.1, -0.05) is 6.07 Å². The molecule has 0 bridgehead atoms. The molecule has 1 saturated heterocycles. The molecule has 0 spiro atoms. The van der Waals surface area contributed by atoms with Crippen molar-refractivity contribution in [1.82, 2.24) is 4.90 Å². The van der Waals surface area contributed by atoms with Crippen LogP contribution in [-0.2, 0) is 0 Å². The van der Waals surface area contributed by atoms with Crippen LogP contribution >= 0.6 is 0 Å². The molecule has 18 heavy (non-hydrogen) atoms. The first-order chi connectivity index (χ1) is 8.69. The molecule has 4 heteroatoms. The summed E-state index contributed by atoms with van der Waals surface area (Å²) in [5.74, 6) is 0.737. The highest BCUT2D eigenvalue weighted by molar-refractivity contribution is 5.49. The number of nitrogens with one attached hydrogen (secondary N) is 1. The lowest BCUT2D eigenvalue weighted by Crippen LogP contribution is -2.24. The van der Waals surface area contributed by atoms with Crippen molar-refractivity contribution < 1.29 is 4.74 Å². The van der Waals surface area contributed by atoms with Crippen molar-refractivity contribution in [3.63, 3.8) is 0 Å². The van der Waals surface area contributed by atoms with E-state index in [1.54, 1.807) is 0 Å². The maximum Gasteiger partial charge on any atom is 0.174 e. The second kappa shape index (κ2) is 5.74. The maximum absolute atomic E-state index is 8.49. The van der Waals surface area contributed by atoms with Crippen LogP contribution in [0.4, 0.5) is 5.69 Å². The maximum atomic E-state index is 8.49. The minimum Gasteiger partial charge on any atom is -0.479 e. The van der Waals surface area contributed by atoms with E-state index in [-0.39, 0.29) is 6.61 Å². The molecule has 2 rings (SSSR count). The molecule has 1 aliphatic rings. The van der Waals surface area contributed by atoms with Crippen molar-refractivity contribution in [1.29, 1.82) is 5.26 Å². The van der Waals surface area contributed by atoms with Gasteiger partial charge in [-0.3, -0.25) is 0 Å². The highest BCUT2D eigenvalue weighted by Gasteiger charge is 2.25. The lowest BCUT2D eigenvalue weighted by atomic mass is 10.2. The molecule has 0 radical (unpaired) electrons. The molecular formula is C14H19N3O. The molecule has 96 valence electrons. The number of hydrogen-bond acceptors (Lipinski definition) is 4. The first kappa shape index (κ1) is 12.7. The fraction of sp³-hybridized carbons (Fsp3) is 0.500. The van der Waals surface area contributed by atoms with Crippen LogP contribution in [0.3, 0.4) is 0 Å². The number of ether oxygens (including phenoxy) is 1. The zero-order valence-corrected chi connectivity index (χ0v) is 10.9. The lowest BCUT2D eigenvalue weighted by Gasteiger charge is -2.15. The third-order valence-electron chi connectivity index (χ3n) is 3.39. The minimum absolute atomic E-state index is 0.0899. The van der Waals surface area contributed by atoms with E-state index in [0.29, 0.717) is 12.1 Å². The summed E-state index contributed by atoms with van der Waals surface area (Å²) in [5.41, 5.74) is 1.05. The van der Waals surface area contributed by atoms with Gasteiger partial charge in [0.05, 0.1) is 0 Å². The first-order valence-corrected chi connectivity index (χ1v) is 6.25. The zero-order chi connectivity index (χ0) is 13.0. The van der Waals surface area contributed by atoms with Crippen molar-refractivity contribution >= 4 is 5.69 Å². The number of benzene rings is 1. The van der Waals surface area contributed by atoms with Crippen LogP contribution in [0.5, 0.6) is 5.75 Å². The molecule has 1 fully saturated rings. The predicted molar refractivity (Wildman–Crippen MR) is 71.7 cm³/mol. The van der Waals surface area contributed by atoms with Crippen molar-refractivity contribution in [2.45, 2.75) is 25.4 Å². The molecule has 0 saturated carbocycles. The molecule has 0 amide bonds. The number of anilines is 1. The van der Waals surface area contributed by atoms with Gasteiger partial charge in [0, 0.05) is 30.4 Å². The smallest absolute Gasteiger partial charge is 0.174 e. The average Bonchev–Trinajstić information content (AvgIpc) is 2.66. The van der Waals surface area contributed by atoms with Crippen molar-refractivity contribution in [2.75, 3.05) is 25.5 Å². The molecule has 4 nitrogen and oxygen atoms in total. The van der Waals surface area contributed by atoms with Gasteiger partial charge in [-0.05, 0) is 32.5 Å². The van der Waals surface area contributed by atoms with Gasteiger partial charge < -0.3 is 15.0 Å².